The summed E-state index contributed by atoms with van der Waals surface area (Å²) in [5.74, 6) is 0.296. The number of aryl methyl sites for hydroxylation is 2. The van der Waals surface area contributed by atoms with Gasteiger partial charge in [0.2, 0.25) is 5.91 Å². The summed E-state index contributed by atoms with van der Waals surface area (Å²) < 4.78 is 7.26. The molecule has 0 unspecified atom stereocenters. The summed E-state index contributed by atoms with van der Waals surface area (Å²) in [6.07, 6.45) is 2.12. The molecule has 0 spiro atoms. The Morgan fingerprint density at radius 1 is 1.09 bits per heavy atom. The SMILES string of the molecule is CC(=O)Nc1c(-c2ccc(C)cc2)c(C)nn1-c1ccc(C(=O)NC[C@@H]2CCCO2)cc1. The van der Waals surface area contributed by atoms with Crippen LogP contribution in [0.4, 0.5) is 5.82 Å². The third kappa shape index (κ3) is 4.73. The van der Waals surface area contributed by atoms with E-state index in [0.29, 0.717) is 17.9 Å². The molecule has 2 aromatic carbocycles. The molecule has 1 aliphatic rings. The molecular weight excluding hydrogens is 404 g/mol. The molecule has 0 radical (unpaired) electrons. The summed E-state index contributed by atoms with van der Waals surface area (Å²) in [5, 5.41) is 10.5. The zero-order chi connectivity index (χ0) is 22.7. The van der Waals surface area contributed by atoms with E-state index in [1.165, 1.54) is 6.92 Å². The number of benzene rings is 2. The monoisotopic (exact) mass is 432 g/mol. The van der Waals surface area contributed by atoms with E-state index in [-0.39, 0.29) is 17.9 Å². The molecule has 2 amide bonds. The van der Waals surface area contributed by atoms with E-state index >= 15 is 0 Å². The highest BCUT2D eigenvalue weighted by Gasteiger charge is 2.20. The van der Waals surface area contributed by atoms with Gasteiger partial charge in [-0.2, -0.15) is 5.10 Å². The van der Waals surface area contributed by atoms with Crippen molar-refractivity contribution in [3.05, 3.63) is 65.4 Å². The largest absolute Gasteiger partial charge is 0.376 e. The first-order chi connectivity index (χ1) is 15.4. The summed E-state index contributed by atoms with van der Waals surface area (Å²) >= 11 is 0. The second kappa shape index (κ2) is 9.36. The second-order valence-corrected chi connectivity index (χ2v) is 8.16. The van der Waals surface area contributed by atoms with Crippen molar-refractivity contribution >= 4 is 17.6 Å². The number of amides is 2. The first kappa shape index (κ1) is 21.8. The number of hydrogen-bond acceptors (Lipinski definition) is 4. The number of carbonyl (C=O) groups excluding carboxylic acids is 2. The van der Waals surface area contributed by atoms with Crippen LogP contribution < -0.4 is 10.6 Å². The Hall–Kier alpha value is -3.45. The summed E-state index contributed by atoms with van der Waals surface area (Å²) in [6, 6.07) is 15.3. The zero-order valence-electron chi connectivity index (χ0n) is 18.6. The number of hydrogen-bond donors (Lipinski definition) is 2. The fourth-order valence-electron chi connectivity index (χ4n) is 3.93. The van der Waals surface area contributed by atoms with Crippen molar-refractivity contribution in [1.82, 2.24) is 15.1 Å². The Morgan fingerprint density at radius 3 is 2.44 bits per heavy atom. The lowest BCUT2D eigenvalue weighted by atomic mass is 10.0. The van der Waals surface area contributed by atoms with E-state index in [9.17, 15) is 9.59 Å². The molecule has 3 aromatic rings. The van der Waals surface area contributed by atoms with Crippen LogP contribution in [0.3, 0.4) is 0 Å². The molecule has 2 N–H and O–H groups in total. The molecule has 0 saturated carbocycles. The number of rotatable bonds is 6. The second-order valence-electron chi connectivity index (χ2n) is 8.16. The molecule has 1 atom stereocenters. The molecule has 4 rings (SSSR count). The highest BCUT2D eigenvalue weighted by molar-refractivity contribution is 5.95. The van der Waals surface area contributed by atoms with Gasteiger partial charge in [0.05, 0.1) is 17.5 Å². The Kier molecular flexibility index (Phi) is 6.37. The lowest BCUT2D eigenvalue weighted by Crippen LogP contribution is -2.31. The third-order valence-electron chi connectivity index (χ3n) is 5.58. The average Bonchev–Trinajstić information content (AvgIpc) is 3.41. The van der Waals surface area contributed by atoms with Crippen LogP contribution in [-0.4, -0.2) is 40.9 Å². The maximum atomic E-state index is 12.5. The summed E-state index contributed by atoms with van der Waals surface area (Å²) in [5.41, 5.74) is 5.14. The fraction of sp³-hybridized carbons (Fsp3) is 0.320. The number of carbonyl (C=O) groups is 2. The number of nitrogens with zero attached hydrogens (tertiary/aromatic N) is 2. The maximum absolute atomic E-state index is 12.5. The molecule has 166 valence electrons. The van der Waals surface area contributed by atoms with Gasteiger partial charge in [-0.15, -0.1) is 0 Å². The molecular formula is C25H28N4O3. The van der Waals surface area contributed by atoms with Crippen LogP contribution in [0.15, 0.2) is 48.5 Å². The van der Waals surface area contributed by atoms with Crippen LogP contribution in [-0.2, 0) is 9.53 Å². The van der Waals surface area contributed by atoms with Gasteiger partial charge >= 0.3 is 0 Å². The van der Waals surface area contributed by atoms with E-state index < -0.39 is 0 Å². The maximum Gasteiger partial charge on any atom is 0.251 e. The minimum atomic E-state index is -0.176. The lowest BCUT2D eigenvalue weighted by Gasteiger charge is -2.12. The first-order valence-electron chi connectivity index (χ1n) is 10.9. The van der Waals surface area contributed by atoms with Gasteiger partial charge in [-0.25, -0.2) is 4.68 Å². The van der Waals surface area contributed by atoms with Gasteiger partial charge in [0, 0.05) is 31.2 Å². The van der Waals surface area contributed by atoms with Crippen LogP contribution in [0, 0.1) is 13.8 Å². The van der Waals surface area contributed by atoms with Crippen molar-refractivity contribution in [1.29, 1.82) is 0 Å². The van der Waals surface area contributed by atoms with Crippen molar-refractivity contribution in [3.8, 4) is 16.8 Å². The van der Waals surface area contributed by atoms with Crippen molar-refractivity contribution in [2.75, 3.05) is 18.5 Å². The van der Waals surface area contributed by atoms with Crippen LogP contribution in [0.25, 0.3) is 16.8 Å². The Labute approximate surface area is 187 Å². The minimum Gasteiger partial charge on any atom is -0.376 e. The molecule has 1 aromatic heterocycles. The minimum absolute atomic E-state index is 0.102. The topological polar surface area (TPSA) is 85.2 Å². The molecule has 1 saturated heterocycles. The van der Waals surface area contributed by atoms with Gasteiger partial charge in [-0.1, -0.05) is 29.8 Å². The first-order valence-corrected chi connectivity index (χ1v) is 10.9. The number of aromatic nitrogens is 2. The highest BCUT2D eigenvalue weighted by atomic mass is 16.5. The van der Waals surface area contributed by atoms with Gasteiger partial charge in [0.25, 0.3) is 5.91 Å². The third-order valence-corrected chi connectivity index (χ3v) is 5.58. The molecule has 7 nitrogen and oxygen atoms in total. The highest BCUT2D eigenvalue weighted by Crippen LogP contribution is 2.33. The molecule has 7 heteroatoms. The van der Waals surface area contributed by atoms with Crippen LogP contribution in [0.2, 0.25) is 0 Å². The number of nitrogens with one attached hydrogen (secondary N) is 2. The molecule has 32 heavy (non-hydrogen) atoms. The summed E-state index contributed by atoms with van der Waals surface area (Å²) in [7, 11) is 0. The quantitative estimate of drug-likeness (QED) is 0.616. The Balaban J connectivity index is 1.61. The van der Waals surface area contributed by atoms with E-state index in [2.05, 4.69) is 15.7 Å². The Morgan fingerprint density at radius 2 is 1.81 bits per heavy atom. The van der Waals surface area contributed by atoms with E-state index in [1.54, 1.807) is 16.8 Å². The summed E-state index contributed by atoms with van der Waals surface area (Å²) in [6.45, 7) is 6.72. The zero-order valence-corrected chi connectivity index (χ0v) is 18.6. The van der Waals surface area contributed by atoms with Gasteiger partial charge in [0.15, 0.2) is 0 Å². The van der Waals surface area contributed by atoms with Gasteiger partial charge < -0.3 is 15.4 Å². The lowest BCUT2D eigenvalue weighted by molar-refractivity contribution is -0.114. The average molecular weight is 433 g/mol. The standard InChI is InChI=1S/C25H28N4O3/c1-16-6-8-19(9-7-16)23-17(2)28-29(24(23)27-18(3)30)21-12-10-20(11-13-21)25(31)26-15-22-5-4-14-32-22/h6-13,22H,4-5,14-15H2,1-3H3,(H,26,31)(H,27,30)/t22-/m0/s1. The molecule has 0 aliphatic carbocycles. The van der Waals surface area contributed by atoms with Crippen molar-refractivity contribution in [2.45, 2.75) is 39.7 Å². The van der Waals surface area contributed by atoms with Crippen molar-refractivity contribution < 1.29 is 14.3 Å². The van der Waals surface area contributed by atoms with Crippen LogP contribution >= 0.6 is 0 Å². The normalized spacial score (nSPS) is 15.5. The van der Waals surface area contributed by atoms with Crippen molar-refractivity contribution in [3.63, 3.8) is 0 Å². The van der Waals surface area contributed by atoms with Crippen molar-refractivity contribution in [2.24, 2.45) is 0 Å². The Bertz CT molecular complexity index is 1110. The van der Waals surface area contributed by atoms with Gasteiger partial charge in [0.1, 0.15) is 5.82 Å². The molecule has 0 bridgehead atoms. The van der Waals surface area contributed by atoms with Gasteiger partial charge in [-0.05, 0) is 56.5 Å². The molecule has 2 heterocycles. The van der Waals surface area contributed by atoms with E-state index in [0.717, 1.165) is 47.5 Å². The van der Waals surface area contributed by atoms with E-state index in [4.69, 9.17) is 4.74 Å². The van der Waals surface area contributed by atoms with Crippen LogP contribution in [0.1, 0.15) is 41.4 Å². The predicted molar refractivity (Wildman–Crippen MR) is 124 cm³/mol. The number of ether oxygens (including phenoxy) is 1. The van der Waals surface area contributed by atoms with Crippen LogP contribution in [0.5, 0.6) is 0 Å². The molecule has 1 aliphatic heterocycles. The predicted octanol–water partition coefficient (Wildman–Crippen LogP) is 4.02. The summed E-state index contributed by atoms with van der Waals surface area (Å²) in [4.78, 5) is 24.4. The van der Waals surface area contributed by atoms with Gasteiger partial charge in [-0.3, -0.25) is 9.59 Å². The van der Waals surface area contributed by atoms with E-state index in [1.807, 2.05) is 50.2 Å². The number of anilines is 1. The fourth-order valence-corrected chi connectivity index (χ4v) is 3.93. The smallest absolute Gasteiger partial charge is 0.251 e. The molecule has 1 fully saturated rings.